The summed E-state index contributed by atoms with van der Waals surface area (Å²) in [6.07, 6.45) is 6.85. The summed E-state index contributed by atoms with van der Waals surface area (Å²) in [6, 6.07) is 0. The van der Waals surface area contributed by atoms with E-state index in [1.54, 1.807) is 19.0 Å². The zero-order chi connectivity index (χ0) is 10.3. The normalized spacial score (nSPS) is 9.77. The lowest BCUT2D eigenvalue weighted by Crippen LogP contribution is -2.34. The van der Waals surface area contributed by atoms with E-state index >= 15 is 0 Å². The molecule has 0 aliphatic heterocycles. The Kier molecular flexibility index (Phi) is 5.99. The Morgan fingerprint density at radius 1 is 1.38 bits per heavy atom. The van der Waals surface area contributed by atoms with Crippen LogP contribution < -0.4 is 0 Å². The number of carbonyl (C=O) groups excluding carboxylic acids is 1. The molecule has 0 N–H and O–H groups in total. The SMILES string of the molecule is C#CCCCN(C)CC(=O)N(C)C. The highest BCUT2D eigenvalue weighted by molar-refractivity contribution is 5.77. The van der Waals surface area contributed by atoms with Gasteiger partial charge in [0.05, 0.1) is 6.54 Å². The lowest BCUT2D eigenvalue weighted by Gasteiger charge is -2.18. The van der Waals surface area contributed by atoms with Crippen molar-refractivity contribution in [2.45, 2.75) is 12.8 Å². The molecule has 0 aromatic rings. The number of unbranched alkanes of at least 4 members (excludes halogenated alkanes) is 1. The molecule has 13 heavy (non-hydrogen) atoms. The average molecular weight is 182 g/mol. The van der Waals surface area contributed by atoms with Gasteiger partial charge in [0, 0.05) is 20.5 Å². The fourth-order valence-corrected chi connectivity index (χ4v) is 0.902. The summed E-state index contributed by atoms with van der Waals surface area (Å²) in [4.78, 5) is 14.8. The van der Waals surface area contributed by atoms with Crippen molar-refractivity contribution in [2.75, 3.05) is 34.2 Å². The number of likely N-dealkylation sites (N-methyl/N-ethyl adjacent to an activating group) is 2. The Labute approximate surface area is 80.7 Å². The van der Waals surface area contributed by atoms with E-state index in [4.69, 9.17) is 6.42 Å². The molecule has 0 aliphatic carbocycles. The first-order valence-electron chi connectivity index (χ1n) is 4.40. The van der Waals surface area contributed by atoms with Crippen LogP contribution in [0.5, 0.6) is 0 Å². The maximum absolute atomic E-state index is 11.2. The summed E-state index contributed by atoms with van der Waals surface area (Å²) in [5.74, 6) is 2.71. The fourth-order valence-electron chi connectivity index (χ4n) is 0.902. The van der Waals surface area contributed by atoms with Crippen molar-refractivity contribution in [1.82, 2.24) is 9.80 Å². The molecular weight excluding hydrogens is 164 g/mol. The zero-order valence-electron chi connectivity index (χ0n) is 8.71. The standard InChI is InChI=1S/C10H18N2O/c1-5-6-7-8-12(4)9-10(13)11(2)3/h1H,6-9H2,2-4H3. The molecular formula is C10H18N2O. The summed E-state index contributed by atoms with van der Waals surface area (Å²) in [7, 11) is 5.45. The van der Waals surface area contributed by atoms with Gasteiger partial charge in [0.2, 0.25) is 5.91 Å². The van der Waals surface area contributed by atoms with Crippen LogP contribution in [0.3, 0.4) is 0 Å². The van der Waals surface area contributed by atoms with Crippen molar-refractivity contribution in [1.29, 1.82) is 0 Å². The molecule has 0 aromatic carbocycles. The van der Waals surface area contributed by atoms with E-state index in [-0.39, 0.29) is 5.91 Å². The second-order valence-corrected chi connectivity index (χ2v) is 3.33. The Hall–Kier alpha value is -1.01. The van der Waals surface area contributed by atoms with Gasteiger partial charge in [-0.15, -0.1) is 12.3 Å². The molecule has 0 heterocycles. The predicted molar refractivity (Wildman–Crippen MR) is 54.3 cm³/mol. The molecule has 74 valence electrons. The van der Waals surface area contributed by atoms with Gasteiger partial charge in [0.1, 0.15) is 0 Å². The van der Waals surface area contributed by atoms with Gasteiger partial charge in [-0.3, -0.25) is 9.69 Å². The molecule has 1 amide bonds. The van der Waals surface area contributed by atoms with Gasteiger partial charge >= 0.3 is 0 Å². The Balaban J connectivity index is 3.57. The summed E-state index contributed by atoms with van der Waals surface area (Å²) < 4.78 is 0. The van der Waals surface area contributed by atoms with E-state index < -0.39 is 0 Å². The molecule has 0 aromatic heterocycles. The van der Waals surface area contributed by atoms with Crippen molar-refractivity contribution in [3.8, 4) is 12.3 Å². The van der Waals surface area contributed by atoms with Crippen LogP contribution in [0.4, 0.5) is 0 Å². The first-order valence-corrected chi connectivity index (χ1v) is 4.40. The van der Waals surface area contributed by atoms with Crippen LogP contribution in [0.2, 0.25) is 0 Å². The van der Waals surface area contributed by atoms with Gasteiger partial charge in [-0.25, -0.2) is 0 Å². The summed E-state index contributed by atoms with van der Waals surface area (Å²) in [5, 5.41) is 0. The molecule has 0 atom stereocenters. The second kappa shape index (κ2) is 6.50. The van der Waals surface area contributed by atoms with Gasteiger partial charge in [0.25, 0.3) is 0 Å². The highest BCUT2D eigenvalue weighted by atomic mass is 16.2. The molecule has 0 bridgehead atoms. The number of rotatable bonds is 5. The Morgan fingerprint density at radius 2 is 2.00 bits per heavy atom. The largest absolute Gasteiger partial charge is 0.348 e. The third-order valence-electron chi connectivity index (χ3n) is 1.76. The Bertz CT molecular complexity index is 194. The minimum absolute atomic E-state index is 0.128. The maximum Gasteiger partial charge on any atom is 0.236 e. The topological polar surface area (TPSA) is 23.6 Å². The van der Waals surface area contributed by atoms with Gasteiger partial charge in [0.15, 0.2) is 0 Å². The minimum atomic E-state index is 0.128. The van der Waals surface area contributed by atoms with Crippen LogP contribution >= 0.6 is 0 Å². The van der Waals surface area contributed by atoms with E-state index in [0.717, 1.165) is 19.4 Å². The first-order chi connectivity index (χ1) is 6.07. The monoisotopic (exact) mass is 182 g/mol. The first kappa shape index (κ1) is 12.0. The molecule has 0 saturated carbocycles. The van der Waals surface area contributed by atoms with Crippen molar-refractivity contribution in [2.24, 2.45) is 0 Å². The molecule has 0 rings (SSSR count). The molecule has 0 radical (unpaired) electrons. The van der Waals surface area contributed by atoms with E-state index in [9.17, 15) is 4.79 Å². The number of nitrogens with zero attached hydrogens (tertiary/aromatic N) is 2. The van der Waals surface area contributed by atoms with Crippen molar-refractivity contribution < 1.29 is 4.79 Å². The van der Waals surface area contributed by atoms with Crippen LogP contribution in [0.1, 0.15) is 12.8 Å². The van der Waals surface area contributed by atoms with E-state index in [1.165, 1.54) is 0 Å². The smallest absolute Gasteiger partial charge is 0.236 e. The van der Waals surface area contributed by atoms with Crippen LogP contribution in [0, 0.1) is 12.3 Å². The molecule has 0 unspecified atom stereocenters. The number of hydrogen-bond donors (Lipinski definition) is 0. The van der Waals surface area contributed by atoms with Crippen LogP contribution in [-0.2, 0) is 4.79 Å². The lowest BCUT2D eigenvalue weighted by atomic mass is 10.3. The van der Waals surface area contributed by atoms with Crippen LogP contribution in [0.25, 0.3) is 0 Å². The average Bonchev–Trinajstić information content (AvgIpc) is 2.04. The van der Waals surface area contributed by atoms with Gasteiger partial charge in [-0.05, 0) is 20.0 Å². The minimum Gasteiger partial charge on any atom is -0.348 e. The van der Waals surface area contributed by atoms with Crippen molar-refractivity contribution in [3.63, 3.8) is 0 Å². The fraction of sp³-hybridized carbons (Fsp3) is 0.700. The Morgan fingerprint density at radius 3 is 2.46 bits per heavy atom. The van der Waals surface area contributed by atoms with Crippen molar-refractivity contribution in [3.05, 3.63) is 0 Å². The summed E-state index contributed by atoms with van der Waals surface area (Å²) in [6.45, 7) is 1.35. The number of hydrogen-bond acceptors (Lipinski definition) is 2. The molecule has 0 fully saturated rings. The second-order valence-electron chi connectivity index (χ2n) is 3.33. The molecule has 0 saturated heterocycles. The van der Waals surface area contributed by atoms with Gasteiger partial charge < -0.3 is 4.90 Å². The quantitative estimate of drug-likeness (QED) is 0.454. The molecule has 0 aliphatic rings. The van der Waals surface area contributed by atoms with E-state index in [0.29, 0.717) is 6.54 Å². The lowest BCUT2D eigenvalue weighted by molar-refractivity contribution is -0.129. The summed E-state index contributed by atoms with van der Waals surface area (Å²) >= 11 is 0. The van der Waals surface area contributed by atoms with E-state index in [2.05, 4.69) is 5.92 Å². The molecule has 0 spiro atoms. The molecule has 3 nitrogen and oxygen atoms in total. The van der Waals surface area contributed by atoms with Gasteiger partial charge in [-0.1, -0.05) is 0 Å². The maximum atomic E-state index is 11.2. The predicted octanol–water partition coefficient (Wildman–Crippen LogP) is 0.420. The molecule has 3 heteroatoms. The van der Waals surface area contributed by atoms with Crippen molar-refractivity contribution >= 4 is 5.91 Å². The number of terminal acetylenes is 1. The van der Waals surface area contributed by atoms with Crippen LogP contribution in [0.15, 0.2) is 0 Å². The van der Waals surface area contributed by atoms with Gasteiger partial charge in [-0.2, -0.15) is 0 Å². The third kappa shape index (κ3) is 6.18. The van der Waals surface area contributed by atoms with E-state index in [1.807, 2.05) is 11.9 Å². The van der Waals surface area contributed by atoms with Crippen LogP contribution in [-0.4, -0.2) is 49.9 Å². The zero-order valence-corrected chi connectivity index (χ0v) is 8.71. The third-order valence-corrected chi connectivity index (χ3v) is 1.76. The number of carbonyl (C=O) groups is 1. The highest BCUT2D eigenvalue weighted by Gasteiger charge is 2.06. The summed E-state index contributed by atoms with van der Waals surface area (Å²) in [5.41, 5.74) is 0. The number of amides is 1. The highest BCUT2D eigenvalue weighted by Crippen LogP contribution is 1.92.